The molecule has 0 fully saturated rings. The largest absolute Gasteiger partial charge is 0.192 e. The molecular weight excluding hydrogens is 442 g/mol. The zero-order valence-corrected chi connectivity index (χ0v) is 19.6. The first kappa shape index (κ1) is 20.0. The average molecular weight is 462 g/mol. The van der Waals surface area contributed by atoms with Gasteiger partial charge in [0.05, 0.1) is 11.6 Å². The minimum atomic E-state index is 0.676. The van der Waals surface area contributed by atoms with Crippen LogP contribution in [0.25, 0.3) is 64.0 Å². The summed E-state index contributed by atoms with van der Waals surface area (Å²) < 4.78 is 2.64. The van der Waals surface area contributed by atoms with Crippen LogP contribution in [0.1, 0.15) is 5.56 Å². The first-order valence-corrected chi connectivity index (χ1v) is 12.5. The highest BCUT2D eigenvalue weighted by atomic mass is 32.1. The van der Waals surface area contributed by atoms with E-state index in [4.69, 9.17) is 0 Å². The summed E-state index contributed by atoms with van der Waals surface area (Å²) in [6.07, 6.45) is 0. The Morgan fingerprint density at radius 2 is 0.943 bits per heavy atom. The molecule has 0 spiro atoms. The number of fused-ring (bicyclic) bond motifs is 5. The van der Waals surface area contributed by atoms with Gasteiger partial charge in [0.2, 0.25) is 0 Å². The van der Waals surface area contributed by atoms with Crippen molar-refractivity contribution in [2.45, 2.75) is 0 Å². The van der Waals surface area contributed by atoms with Gasteiger partial charge in [0, 0.05) is 20.2 Å². The maximum atomic E-state index is 9.28. The monoisotopic (exact) mass is 461 g/mol. The Morgan fingerprint density at radius 1 is 0.457 bits per heavy atom. The van der Waals surface area contributed by atoms with E-state index in [-0.39, 0.29) is 0 Å². The Morgan fingerprint density at radius 3 is 1.54 bits per heavy atom. The third kappa shape index (κ3) is 3.06. The summed E-state index contributed by atoms with van der Waals surface area (Å²) >= 11 is 1.85. The van der Waals surface area contributed by atoms with Gasteiger partial charge in [-0.2, -0.15) is 5.26 Å². The standard InChI is InChI=1S/C33H19NS/c34-20-21-13-15-22(16-14-21)32-25-8-1-3-10-27(25)33(28-11-4-2-9-26(28)32)23-17-18-31-29(19-23)24-7-5-6-12-30(24)35-31/h1-19H. The Balaban J connectivity index is 1.59. The van der Waals surface area contributed by atoms with E-state index in [1.54, 1.807) is 0 Å². The smallest absolute Gasteiger partial charge is 0.0991 e. The maximum absolute atomic E-state index is 9.28. The van der Waals surface area contributed by atoms with Crippen molar-refractivity contribution < 1.29 is 0 Å². The molecule has 0 saturated carbocycles. The van der Waals surface area contributed by atoms with Crippen LogP contribution in [0.5, 0.6) is 0 Å². The first-order valence-electron chi connectivity index (χ1n) is 11.7. The summed E-state index contributed by atoms with van der Waals surface area (Å²) in [5.41, 5.74) is 5.52. The van der Waals surface area contributed by atoms with E-state index >= 15 is 0 Å². The Kier molecular flexibility index (Phi) is 4.45. The van der Waals surface area contributed by atoms with Crippen LogP contribution in [0.4, 0.5) is 0 Å². The molecule has 0 saturated heterocycles. The van der Waals surface area contributed by atoms with Crippen LogP contribution >= 0.6 is 11.3 Å². The number of benzene rings is 6. The molecule has 0 aliphatic heterocycles. The van der Waals surface area contributed by atoms with Gasteiger partial charge in [-0.3, -0.25) is 0 Å². The lowest BCUT2D eigenvalue weighted by molar-refractivity contribution is 1.49. The Labute approximate surface area is 207 Å². The number of thiophene rings is 1. The zero-order valence-electron chi connectivity index (χ0n) is 18.8. The summed E-state index contributed by atoms with van der Waals surface area (Å²) in [5, 5.41) is 16.8. The highest BCUT2D eigenvalue weighted by Crippen LogP contribution is 2.45. The average Bonchev–Trinajstić information content (AvgIpc) is 3.30. The van der Waals surface area contributed by atoms with Gasteiger partial charge in [0.15, 0.2) is 0 Å². The first-order chi connectivity index (χ1) is 17.3. The van der Waals surface area contributed by atoms with Crippen molar-refractivity contribution in [3.8, 4) is 28.3 Å². The molecule has 6 aromatic carbocycles. The van der Waals surface area contributed by atoms with Crippen molar-refractivity contribution in [3.05, 3.63) is 121 Å². The molecule has 0 bridgehead atoms. The lowest BCUT2D eigenvalue weighted by Gasteiger charge is -2.17. The van der Waals surface area contributed by atoms with Crippen molar-refractivity contribution in [1.29, 1.82) is 5.26 Å². The molecule has 1 aromatic heterocycles. The molecular formula is C33H19NS. The van der Waals surface area contributed by atoms with Crippen LogP contribution in [0, 0.1) is 11.3 Å². The number of rotatable bonds is 2. The van der Waals surface area contributed by atoms with Gasteiger partial charge in [0.25, 0.3) is 0 Å². The van der Waals surface area contributed by atoms with Crippen molar-refractivity contribution >= 4 is 53.1 Å². The number of nitrogens with zero attached hydrogens (tertiary/aromatic N) is 1. The summed E-state index contributed by atoms with van der Waals surface area (Å²) in [6.45, 7) is 0. The second-order valence-corrected chi connectivity index (χ2v) is 9.92. The maximum Gasteiger partial charge on any atom is 0.0991 e. The molecule has 7 rings (SSSR count). The molecule has 35 heavy (non-hydrogen) atoms. The van der Waals surface area contributed by atoms with Crippen molar-refractivity contribution in [2.75, 3.05) is 0 Å². The Hall–Kier alpha value is -4.45. The van der Waals surface area contributed by atoms with E-state index in [1.807, 2.05) is 23.5 Å². The quantitative estimate of drug-likeness (QED) is 0.235. The Bertz CT molecular complexity index is 1900. The molecule has 0 aliphatic rings. The van der Waals surface area contributed by atoms with Crippen LogP contribution in [0.15, 0.2) is 115 Å². The van der Waals surface area contributed by atoms with E-state index in [0.29, 0.717) is 5.56 Å². The highest BCUT2D eigenvalue weighted by molar-refractivity contribution is 7.25. The van der Waals surface area contributed by atoms with Crippen LogP contribution in [-0.2, 0) is 0 Å². The van der Waals surface area contributed by atoms with E-state index < -0.39 is 0 Å². The topological polar surface area (TPSA) is 23.8 Å². The zero-order chi connectivity index (χ0) is 23.4. The van der Waals surface area contributed by atoms with Gasteiger partial charge in [-0.25, -0.2) is 0 Å². The van der Waals surface area contributed by atoms with Gasteiger partial charge >= 0.3 is 0 Å². The molecule has 0 amide bonds. The summed E-state index contributed by atoms with van der Waals surface area (Å²) in [4.78, 5) is 0. The summed E-state index contributed by atoms with van der Waals surface area (Å²) in [6, 6.07) is 43.1. The van der Waals surface area contributed by atoms with E-state index in [9.17, 15) is 5.26 Å². The molecule has 2 heteroatoms. The second kappa shape index (κ2) is 7.81. The second-order valence-electron chi connectivity index (χ2n) is 8.84. The van der Waals surface area contributed by atoms with Gasteiger partial charge < -0.3 is 0 Å². The number of hydrogen-bond donors (Lipinski definition) is 0. The van der Waals surface area contributed by atoms with Crippen LogP contribution in [0.2, 0.25) is 0 Å². The molecule has 1 nitrogen and oxygen atoms in total. The van der Waals surface area contributed by atoms with Crippen LogP contribution in [0.3, 0.4) is 0 Å². The lowest BCUT2D eigenvalue weighted by atomic mass is 9.85. The fourth-order valence-electron chi connectivity index (χ4n) is 5.34. The number of hydrogen-bond acceptors (Lipinski definition) is 2. The van der Waals surface area contributed by atoms with Gasteiger partial charge in [-0.1, -0.05) is 84.9 Å². The third-order valence-electron chi connectivity index (χ3n) is 6.90. The minimum absolute atomic E-state index is 0.676. The van der Waals surface area contributed by atoms with Crippen LogP contribution < -0.4 is 0 Å². The predicted octanol–water partition coefficient (Wildman–Crippen LogP) is 9.57. The molecule has 162 valence electrons. The molecule has 7 aromatic rings. The third-order valence-corrected chi connectivity index (χ3v) is 8.05. The van der Waals surface area contributed by atoms with Gasteiger partial charge in [-0.05, 0) is 74.1 Å². The number of nitriles is 1. The van der Waals surface area contributed by atoms with Crippen molar-refractivity contribution in [1.82, 2.24) is 0 Å². The molecule has 0 N–H and O–H groups in total. The molecule has 0 atom stereocenters. The van der Waals surface area contributed by atoms with Crippen LogP contribution in [-0.4, -0.2) is 0 Å². The van der Waals surface area contributed by atoms with E-state index in [2.05, 4.69) is 109 Å². The molecule has 0 radical (unpaired) electrons. The fraction of sp³-hybridized carbons (Fsp3) is 0. The molecule has 0 aliphatic carbocycles. The SMILES string of the molecule is N#Cc1ccc(-c2c3ccccc3c(-c3ccc4sc5ccccc5c4c3)c3ccccc23)cc1. The molecule has 0 unspecified atom stereocenters. The molecule has 1 heterocycles. The summed E-state index contributed by atoms with van der Waals surface area (Å²) in [7, 11) is 0. The highest BCUT2D eigenvalue weighted by Gasteiger charge is 2.17. The van der Waals surface area contributed by atoms with E-state index in [1.165, 1.54) is 58.4 Å². The fourth-order valence-corrected chi connectivity index (χ4v) is 6.43. The van der Waals surface area contributed by atoms with E-state index in [0.717, 1.165) is 5.56 Å². The van der Waals surface area contributed by atoms with Gasteiger partial charge in [-0.15, -0.1) is 11.3 Å². The predicted molar refractivity (Wildman–Crippen MR) is 150 cm³/mol. The lowest BCUT2D eigenvalue weighted by Crippen LogP contribution is -1.90. The van der Waals surface area contributed by atoms with Crippen molar-refractivity contribution in [3.63, 3.8) is 0 Å². The normalized spacial score (nSPS) is 11.4. The minimum Gasteiger partial charge on any atom is -0.192 e. The summed E-state index contributed by atoms with van der Waals surface area (Å²) in [5.74, 6) is 0. The van der Waals surface area contributed by atoms with Gasteiger partial charge in [0.1, 0.15) is 0 Å². The van der Waals surface area contributed by atoms with Crippen molar-refractivity contribution in [2.24, 2.45) is 0 Å².